The predicted molar refractivity (Wildman–Crippen MR) is 150 cm³/mol. The maximum atomic E-state index is 12.0. The van der Waals surface area contributed by atoms with Crippen LogP contribution in [0.15, 0.2) is 85.1 Å². The molecule has 202 valence electrons. The van der Waals surface area contributed by atoms with E-state index in [1.807, 2.05) is 48.5 Å². The number of aromatic hydroxyl groups is 1. The number of Topliss-reactive ketones (excluding diaryl/α,β-unsaturated/α-hetero) is 1. The van der Waals surface area contributed by atoms with Crippen LogP contribution >= 0.6 is 0 Å². The molecular formula is C33H30N2O5. The summed E-state index contributed by atoms with van der Waals surface area (Å²) < 4.78 is 18.4. The van der Waals surface area contributed by atoms with E-state index < -0.39 is 6.10 Å². The summed E-state index contributed by atoms with van der Waals surface area (Å²) in [6.07, 6.45) is 3.84. The Labute approximate surface area is 233 Å². The first-order valence-electron chi connectivity index (χ1n) is 13.3. The first kappa shape index (κ1) is 27.1. The highest BCUT2D eigenvalue weighted by molar-refractivity contribution is 5.99. The number of carbonyl (C=O) groups excluding carboxylic acids is 1. The zero-order valence-electron chi connectivity index (χ0n) is 22.2. The molecule has 1 aliphatic rings. The standard InChI is InChI=1S/C33H30N2O5/c1-22(36)27-15-16-29(31(32(27)37)28-9-2-4-17-35-28)39-21-23-11-13-25(14-12-23)33(40-30-10-3-5-18-38-30)26-8-6-7-24(19-26)20-34/h2,4,6-9,11-17,19,30,33,37H,3,5,10,18,21H2,1H3. The largest absolute Gasteiger partial charge is 0.506 e. The predicted octanol–water partition coefficient (Wildman–Crippen LogP) is 6.74. The molecule has 1 aromatic heterocycles. The molecule has 0 amide bonds. The third-order valence-electron chi connectivity index (χ3n) is 6.86. The summed E-state index contributed by atoms with van der Waals surface area (Å²) in [5.74, 6) is 0.0327. The number of aromatic nitrogens is 1. The summed E-state index contributed by atoms with van der Waals surface area (Å²) in [4.78, 5) is 16.4. The van der Waals surface area contributed by atoms with Crippen LogP contribution in [0.3, 0.4) is 0 Å². The fraction of sp³-hybridized carbons (Fsp3) is 0.242. The van der Waals surface area contributed by atoms with E-state index in [4.69, 9.17) is 14.2 Å². The molecular weight excluding hydrogens is 504 g/mol. The minimum Gasteiger partial charge on any atom is -0.506 e. The van der Waals surface area contributed by atoms with Crippen molar-refractivity contribution in [2.24, 2.45) is 0 Å². The van der Waals surface area contributed by atoms with Gasteiger partial charge in [0, 0.05) is 12.8 Å². The lowest BCUT2D eigenvalue weighted by molar-refractivity contribution is -0.181. The van der Waals surface area contributed by atoms with E-state index >= 15 is 0 Å². The number of carbonyl (C=O) groups is 1. The molecule has 0 bridgehead atoms. The molecule has 1 aliphatic heterocycles. The number of nitrogens with zero attached hydrogens (tertiary/aromatic N) is 2. The first-order valence-corrected chi connectivity index (χ1v) is 13.3. The summed E-state index contributed by atoms with van der Waals surface area (Å²) in [5.41, 5.74) is 4.41. The molecule has 40 heavy (non-hydrogen) atoms. The molecule has 7 nitrogen and oxygen atoms in total. The van der Waals surface area contributed by atoms with Gasteiger partial charge >= 0.3 is 0 Å². The van der Waals surface area contributed by atoms with Gasteiger partial charge in [0.05, 0.1) is 28.5 Å². The molecule has 5 rings (SSSR count). The number of phenols is 1. The van der Waals surface area contributed by atoms with E-state index in [2.05, 4.69) is 11.1 Å². The van der Waals surface area contributed by atoms with E-state index in [-0.39, 0.29) is 30.0 Å². The van der Waals surface area contributed by atoms with Crippen molar-refractivity contribution >= 4 is 5.78 Å². The van der Waals surface area contributed by atoms with Crippen LogP contribution in [0.5, 0.6) is 11.5 Å². The maximum absolute atomic E-state index is 12.0. The molecule has 7 heteroatoms. The molecule has 0 radical (unpaired) electrons. The van der Waals surface area contributed by atoms with Crippen molar-refractivity contribution in [3.63, 3.8) is 0 Å². The molecule has 1 saturated heterocycles. The summed E-state index contributed by atoms with van der Waals surface area (Å²) in [7, 11) is 0. The Hall–Kier alpha value is -4.51. The van der Waals surface area contributed by atoms with Crippen LogP contribution in [0.2, 0.25) is 0 Å². The number of nitriles is 1. The Balaban J connectivity index is 1.38. The summed E-state index contributed by atoms with van der Waals surface area (Å²) in [6.45, 7) is 2.32. The smallest absolute Gasteiger partial charge is 0.163 e. The van der Waals surface area contributed by atoms with Crippen molar-refractivity contribution in [3.8, 4) is 28.8 Å². The quantitative estimate of drug-likeness (QED) is 0.237. The van der Waals surface area contributed by atoms with Gasteiger partial charge in [-0.1, -0.05) is 42.5 Å². The van der Waals surface area contributed by atoms with Crippen LogP contribution in [0, 0.1) is 11.3 Å². The van der Waals surface area contributed by atoms with Crippen LogP contribution in [-0.2, 0) is 16.1 Å². The maximum Gasteiger partial charge on any atom is 0.163 e. The second kappa shape index (κ2) is 12.6. The van der Waals surface area contributed by atoms with Crippen molar-refractivity contribution in [3.05, 3.63) is 113 Å². The number of hydrogen-bond acceptors (Lipinski definition) is 7. The van der Waals surface area contributed by atoms with Gasteiger partial charge in [0.25, 0.3) is 0 Å². The molecule has 0 aliphatic carbocycles. The van der Waals surface area contributed by atoms with Crippen molar-refractivity contribution in [1.29, 1.82) is 5.26 Å². The number of rotatable bonds is 9. The molecule has 0 saturated carbocycles. The number of benzene rings is 3. The van der Waals surface area contributed by atoms with Crippen LogP contribution in [0.25, 0.3) is 11.3 Å². The van der Waals surface area contributed by atoms with Gasteiger partial charge in [0.2, 0.25) is 0 Å². The summed E-state index contributed by atoms with van der Waals surface area (Å²) >= 11 is 0. The Morgan fingerprint density at radius 3 is 2.62 bits per heavy atom. The second-order valence-electron chi connectivity index (χ2n) is 9.69. The van der Waals surface area contributed by atoms with Gasteiger partial charge in [-0.05, 0) is 79.3 Å². The monoisotopic (exact) mass is 534 g/mol. The average Bonchev–Trinajstić information content (AvgIpc) is 3.00. The molecule has 2 atom stereocenters. The summed E-state index contributed by atoms with van der Waals surface area (Å²) in [5, 5.41) is 20.3. The molecule has 3 aromatic carbocycles. The molecule has 2 unspecified atom stereocenters. The highest BCUT2D eigenvalue weighted by Gasteiger charge is 2.23. The lowest BCUT2D eigenvalue weighted by atomic mass is 9.98. The topological polar surface area (TPSA) is 102 Å². The second-order valence-corrected chi connectivity index (χ2v) is 9.69. The van der Waals surface area contributed by atoms with E-state index in [1.54, 1.807) is 36.5 Å². The number of ketones is 1. The lowest BCUT2D eigenvalue weighted by Crippen LogP contribution is -2.25. The van der Waals surface area contributed by atoms with Crippen LogP contribution < -0.4 is 4.74 Å². The number of ether oxygens (including phenoxy) is 3. The zero-order chi connectivity index (χ0) is 27.9. The van der Waals surface area contributed by atoms with E-state index in [0.717, 1.165) is 36.0 Å². The van der Waals surface area contributed by atoms with Crippen molar-refractivity contribution < 1.29 is 24.1 Å². The van der Waals surface area contributed by atoms with Gasteiger partial charge in [-0.3, -0.25) is 9.78 Å². The van der Waals surface area contributed by atoms with Crippen molar-refractivity contribution in [2.45, 2.75) is 45.2 Å². The highest BCUT2D eigenvalue weighted by atomic mass is 16.7. The van der Waals surface area contributed by atoms with Crippen LogP contribution in [-0.4, -0.2) is 28.8 Å². The number of phenolic OH excluding ortho intramolecular Hbond substituents is 1. The van der Waals surface area contributed by atoms with Gasteiger partial charge in [0.1, 0.15) is 24.2 Å². The molecule has 2 heterocycles. The van der Waals surface area contributed by atoms with Gasteiger partial charge in [-0.2, -0.15) is 5.26 Å². The number of pyridine rings is 1. The molecule has 1 N–H and O–H groups in total. The normalized spacial score (nSPS) is 15.7. The Morgan fingerprint density at radius 1 is 1.07 bits per heavy atom. The fourth-order valence-corrected chi connectivity index (χ4v) is 4.78. The molecule has 1 fully saturated rings. The summed E-state index contributed by atoms with van der Waals surface area (Å²) in [6, 6.07) is 26.2. The van der Waals surface area contributed by atoms with Crippen molar-refractivity contribution in [2.75, 3.05) is 6.61 Å². The zero-order valence-corrected chi connectivity index (χ0v) is 22.2. The Bertz CT molecular complexity index is 1510. The third-order valence-corrected chi connectivity index (χ3v) is 6.86. The molecule has 0 spiro atoms. The first-order chi connectivity index (χ1) is 19.5. The Kier molecular flexibility index (Phi) is 8.50. The van der Waals surface area contributed by atoms with E-state index in [9.17, 15) is 15.2 Å². The fourth-order valence-electron chi connectivity index (χ4n) is 4.78. The molecule has 4 aromatic rings. The van der Waals surface area contributed by atoms with E-state index in [0.29, 0.717) is 29.2 Å². The van der Waals surface area contributed by atoms with Crippen LogP contribution in [0.1, 0.15) is 64.9 Å². The van der Waals surface area contributed by atoms with Crippen molar-refractivity contribution in [1.82, 2.24) is 4.98 Å². The van der Waals surface area contributed by atoms with Crippen LogP contribution in [0.4, 0.5) is 0 Å². The van der Waals surface area contributed by atoms with Gasteiger partial charge < -0.3 is 19.3 Å². The highest BCUT2D eigenvalue weighted by Crippen LogP contribution is 2.40. The minimum atomic E-state index is -0.391. The van der Waals surface area contributed by atoms with Gasteiger partial charge in [0.15, 0.2) is 12.1 Å². The van der Waals surface area contributed by atoms with E-state index in [1.165, 1.54) is 6.92 Å². The van der Waals surface area contributed by atoms with Gasteiger partial charge in [-0.25, -0.2) is 0 Å². The SMILES string of the molecule is CC(=O)c1ccc(OCc2ccc(C(OC3CCCCO3)c3cccc(C#N)c3)cc2)c(-c2ccccn2)c1O. The average molecular weight is 535 g/mol. The number of hydrogen-bond donors (Lipinski definition) is 1. The Morgan fingerprint density at radius 2 is 1.93 bits per heavy atom. The lowest BCUT2D eigenvalue weighted by Gasteiger charge is -2.28. The van der Waals surface area contributed by atoms with Gasteiger partial charge in [-0.15, -0.1) is 0 Å². The minimum absolute atomic E-state index is 0.149. The third kappa shape index (κ3) is 6.20.